The fourth-order valence-corrected chi connectivity index (χ4v) is 0.996. The second-order valence-corrected chi connectivity index (χ2v) is 2.72. The first-order valence-corrected chi connectivity index (χ1v) is 3.82. The summed E-state index contributed by atoms with van der Waals surface area (Å²) in [6, 6.07) is 4.30. The summed E-state index contributed by atoms with van der Waals surface area (Å²) in [4.78, 5) is 0. The van der Waals surface area contributed by atoms with E-state index in [1.54, 1.807) is 6.92 Å². The lowest BCUT2D eigenvalue weighted by molar-refractivity contribution is -0.274. The average Bonchev–Trinajstić information content (AvgIpc) is 2.06. The Labute approximate surface area is 79.8 Å². The molecule has 0 unspecified atom stereocenters. The molecule has 1 aromatic rings. The maximum absolute atomic E-state index is 11.9. The fourth-order valence-electron chi connectivity index (χ4n) is 0.996. The van der Waals surface area contributed by atoms with Crippen LogP contribution in [0.1, 0.15) is 11.1 Å². The van der Waals surface area contributed by atoms with Crippen molar-refractivity contribution in [1.29, 1.82) is 0 Å². The summed E-state index contributed by atoms with van der Waals surface area (Å²) in [6.07, 6.45) is -2.30. The van der Waals surface area contributed by atoms with Crippen LogP contribution in [0.4, 0.5) is 13.2 Å². The predicted octanol–water partition coefficient (Wildman–Crippen LogP) is 3.23. The summed E-state index contributed by atoms with van der Waals surface area (Å²) < 4.78 is 39.4. The lowest BCUT2D eigenvalue weighted by Crippen LogP contribution is -2.17. The van der Waals surface area contributed by atoms with E-state index >= 15 is 0 Å². The minimum absolute atomic E-state index is 0.210. The quantitative estimate of drug-likeness (QED) is 0.713. The maximum Gasteiger partial charge on any atom is 0.573 e. The predicted molar refractivity (Wildman–Crippen MR) is 45.8 cm³/mol. The molecule has 0 N–H and O–H groups in total. The van der Waals surface area contributed by atoms with Crippen LogP contribution in [0.3, 0.4) is 0 Å². The van der Waals surface area contributed by atoms with Crippen molar-refractivity contribution in [3.05, 3.63) is 42.0 Å². The van der Waals surface area contributed by atoms with Crippen molar-refractivity contribution < 1.29 is 17.9 Å². The molecule has 0 spiro atoms. The Balaban J connectivity index is 3.03. The highest BCUT2D eigenvalue weighted by Crippen LogP contribution is 2.26. The first-order chi connectivity index (χ1) is 6.42. The van der Waals surface area contributed by atoms with E-state index in [-0.39, 0.29) is 11.3 Å². The molecule has 1 rings (SSSR count). The molecular weight excluding hydrogens is 193 g/mol. The van der Waals surface area contributed by atoms with E-state index in [1.165, 1.54) is 18.2 Å². The maximum atomic E-state index is 11.9. The lowest BCUT2D eigenvalue weighted by atomic mass is 10.1. The van der Waals surface area contributed by atoms with Crippen LogP contribution in [0, 0.1) is 13.0 Å². The summed E-state index contributed by atoms with van der Waals surface area (Å²) in [7, 11) is 0. The van der Waals surface area contributed by atoms with E-state index in [9.17, 15) is 13.2 Å². The van der Waals surface area contributed by atoms with Crippen molar-refractivity contribution in [2.45, 2.75) is 13.3 Å². The van der Waals surface area contributed by atoms with Crippen LogP contribution >= 0.6 is 0 Å². The minimum Gasteiger partial charge on any atom is -0.405 e. The second-order valence-electron chi connectivity index (χ2n) is 2.72. The number of alkyl halides is 3. The fraction of sp³-hybridized carbons (Fsp3) is 0.200. The van der Waals surface area contributed by atoms with Crippen molar-refractivity contribution >= 4 is 0 Å². The third-order valence-corrected chi connectivity index (χ3v) is 1.55. The van der Waals surface area contributed by atoms with Gasteiger partial charge in [-0.15, -0.1) is 13.2 Å². The van der Waals surface area contributed by atoms with Gasteiger partial charge in [0.15, 0.2) is 0 Å². The van der Waals surface area contributed by atoms with Gasteiger partial charge < -0.3 is 4.74 Å². The van der Waals surface area contributed by atoms with E-state index in [0.29, 0.717) is 0 Å². The standard InChI is InChI=1S/C10H8F3O/c1-3-8-6-7(2)4-5-9(8)14-10(11,12)13/h4-6H,1H2,2H3. The second kappa shape index (κ2) is 3.74. The molecule has 0 saturated carbocycles. The summed E-state index contributed by atoms with van der Waals surface area (Å²) >= 11 is 0. The topological polar surface area (TPSA) is 9.23 Å². The number of halogens is 3. The summed E-state index contributed by atoms with van der Waals surface area (Å²) in [5.41, 5.74) is 1.04. The molecule has 0 saturated heterocycles. The van der Waals surface area contributed by atoms with Gasteiger partial charge in [-0.25, -0.2) is 0 Å². The van der Waals surface area contributed by atoms with E-state index in [0.717, 1.165) is 5.56 Å². The zero-order chi connectivity index (χ0) is 10.8. The Morgan fingerprint density at radius 1 is 1.36 bits per heavy atom. The van der Waals surface area contributed by atoms with Crippen LogP contribution in [0.25, 0.3) is 0 Å². The van der Waals surface area contributed by atoms with Gasteiger partial charge >= 0.3 is 6.36 Å². The highest BCUT2D eigenvalue weighted by atomic mass is 19.4. The molecule has 1 aromatic carbocycles. The summed E-state index contributed by atoms with van der Waals surface area (Å²) in [5.74, 6) is -0.280. The van der Waals surface area contributed by atoms with E-state index < -0.39 is 6.36 Å². The molecule has 1 radical (unpaired) electrons. The first-order valence-electron chi connectivity index (χ1n) is 3.82. The lowest BCUT2D eigenvalue weighted by Gasteiger charge is -2.11. The number of rotatable bonds is 2. The first kappa shape index (κ1) is 10.6. The van der Waals surface area contributed by atoms with Crippen molar-refractivity contribution in [3.63, 3.8) is 0 Å². The normalized spacial score (nSPS) is 11.1. The van der Waals surface area contributed by atoms with Gasteiger partial charge in [0.25, 0.3) is 0 Å². The van der Waals surface area contributed by atoms with E-state index in [4.69, 9.17) is 0 Å². The van der Waals surface area contributed by atoms with Gasteiger partial charge in [-0.1, -0.05) is 18.2 Å². The minimum atomic E-state index is -4.68. The van der Waals surface area contributed by atoms with Gasteiger partial charge in [0.2, 0.25) is 0 Å². The van der Waals surface area contributed by atoms with Gasteiger partial charge in [0.05, 0.1) is 0 Å². The zero-order valence-electron chi connectivity index (χ0n) is 7.48. The molecule has 0 atom stereocenters. The summed E-state index contributed by atoms with van der Waals surface area (Å²) in [5, 5.41) is 0. The van der Waals surface area contributed by atoms with Crippen LogP contribution in [-0.4, -0.2) is 6.36 Å². The number of benzene rings is 1. The smallest absolute Gasteiger partial charge is 0.405 e. The van der Waals surface area contributed by atoms with Gasteiger partial charge in [0.1, 0.15) is 5.75 Å². The van der Waals surface area contributed by atoms with E-state index in [2.05, 4.69) is 17.4 Å². The average molecular weight is 201 g/mol. The summed E-state index contributed by atoms with van der Waals surface area (Å²) in [6.45, 7) is 5.05. The number of hydrogen-bond acceptors (Lipinski definition) is 1. The molecule has 0 amide bonds. The molecule has 0 aliphatic heterocycles. The number of ether oxygens (including phenoxy) is 1. The van der Waals surface area contributed by atoms with Crippen LogP contribution in [0.2, 0.25) is 0 Å². The van der Waals surface area contributed by atoms with Crippen molar-refractivity contribution in [2.24, 2.45) is 0 Å². The Bertz CT molecular complexity index is 342. The zero-order valence-corrected chi connectivity index (χ0v) is 7.48. The monoisotopic (exact) mass is 201 g/mol. The SMILES string of the molecule is C=[C]c1cc(C)ccc1OC(F)(F)F. The van der Waals surface area contributed by atoms with Crippen LogP contribution < -0.4 is 4.74 Å². The molecule has 75 valence electrons. The molecule has 14 heavy (non-hydrogen) atoms. The van der Waals surface area contributed by atoms with E-state index in [1.807, 2.05) is 0 Å². The molecular formula is C10H8F3O. The molecule has 0 bridgehead atoms. The molecule has 0 aliphatic carbocycles. The van der Waals surface area contributed by atoms with Gasteiger partial charge in [-0.05, 0) is 25.1 Å². The molecule has 1 nitrogen and oxygen atoms in total. The van der Waals surface area contributed by atoms with Gasteiger partial charge in [0, 0.05) is 5.56 Å². The Kier molecular flexibility index (Phi) is 2.84. The highest BCUT2D eigenvalue weighted by Gasteiger charge is 2.31. The van der Waals surface area contributed by atoms with Crippen molar-refractivity contribution in [2.75, 3.05) is 0 Å². The highest BCUT2D eigenvalue weighted by molar-refractivity contribution is 5.40. The Morgan fingerprint density at radius 3 is 2.50 bits per heavy atom. The number of aryl methyl sites for hydroxylation is 1. The van der Waals surface area contributed by atoms with Gasteiger partial charge in [-0.2, -0.15) is 0 Å². The molecule has 0 aliphatic rings. The third kappa shape index (κ3) is 2.80. The molecule has 4 heteroatoms. The van der Waals surface area contributed by atoms with Crippen molar-refractivity contribution in [3.8, 4) is 5.75 Å². The molecule has 0 fully saturated rings. The molecule has 0 heterocycles. The largest absolute Gasteiger partial charge is 0.573 e. The Morgan fingerprint density at radius 2 is 2.00 bits per heavy atom. The van der Waals surface area contributed by atoms with Crippen molar-refractivity contribution in [1.82, 2.24) is 0 Å². The third-order valence-electron chi connectivity index (χ3n) is 1.55. The molecule has 0 aromatic heterocycles. The number of hydrogen-bond donors (Lipinski definition) is 0. The van der Waals surface area contributed by atoms with Gasteiger partial charge in [-0.3, -0.25) is 0 Å². The van der Waals surface area contributed by atoms with Crippen LogP contribution in [0.5, 0.6) is 5.75 Å². The Hall–Kier alpha value is -1.45. The van der Waals surface area contributed by atoms with Crippen LogP contribution in [-0.2, 0) is 0 Å². The van der Waals surface area contributed by atoms with Crippen LogP contribution in [0.15, 0.2) is 24.8 Å².